The van der Waals surface area contributed by atoms with E-state index in [-0.39, 0.29) is 11.7 Å². The number of nitrogens with one attached hydrogen (secondary N) is 2. The van der Waals surface area contributed by atoms with Crippen LogP contribution in [0.3, 0.4) is 0 Å². The van der Waals surface area contributed by atoms with E-state index in [2.05, 4.69) is 38.4 Å². The molecular formula is C22H17I2N3O3. The van der Waals surface area contributed by atoms with E-state index in [0.29, 0.717) is 25.9 Å². The van der Waals surface area contributed by atoms with Crippen LogP contribution in [0.2, 0.25) is 0 Å². The average molecular weight is 625 g/mol. The fraction of sp³-hybridized carbons (Fsp3) is 0.0455. The number of halogens is 2. The number of benzene rings is 3. The smallest absolute Gasteiger partial charge is 0.271 e. The molecule has 0 heterocycles. The third-order valence-electron chi connectivity index (χ3n) is 4.12. The molecule has 6 nitrogen and oxygen atoms in total. The van der Waals surface area contributed by atoms with Gasteiger partial charge in [-0.3, -0.25) is 9.59 Å². The number of hydrogen-bond donors (Lipinski definition) is 3. The summed E-state index contributed by atoms with van der Waals surface area (Å²) in [6.07, 6.45) is 1.39. The molecule has 3 aromatic rings. The average Bonchev–Trinajstić information content (AvgIpc) is 2.72. The largest absolute Gasteiger partial charge is 0.506 e. The van der Waals surface area contributed by atoms with Gasteiger partial charge >= 0.3 is 0 Å². The molecule has 0 fully saturated rings. The minimum absolute atomic E-state index is 0.106. The van der Waals surface area contributed by atoms with Gasteiger partial charge in [0.15, 0.2) is 0 Å². The third kappa shape index (κ3) is 5.79. The Hall–Kier alpha value is -2.47. The van der Waals surface area contributed by atoms with Crippen LogP contribution in [0.15, 0.2) is 65.8 Å². The minimum Gasteiger partial charge on any atom is -0.506 e. The molecule has 0 atom stereocenters. The van der Waals surface area contributed by atoms with Gasteiger partial charge in [0.1, 0.15) is 5.75 Å². The highest BCUT2D eigenvalue weighted by molar-refractivity contribution is 14.1. The fourth-order valence-electron chi connectivity index (χ4n) is 2.56. The van der Waals surface area contributed by atoms with Gasteiger partial charge in [0, 0.05) is 25.9 Å². The van der Waals surface area contributed by atoms with Gasteiger partial charge in [-0.2, -0.15) is 5.10 Å². The van der Waals surface area contributed by atoms with E-state index in [1.807, 2.05) is 47.7 Å². The van der Waals surface area contributed by atoms with Crippen LogP contribution in [0.5, 0.6) is 5.75 Å². The summed E-state index contributed by atoms with van der Waals surface area (Å²) in [4.78, 5) is 24.8. The van der Waals surface area contributed by atoms with Crippen LogP contribution in [0.4, 0.5) is 5.69 Å². The number of hydrogen-bond acceptors (Lipinski definition) is 4. The summed E-state index contributed by atoms with van der Waals surface area (Å²) in [7, 11) is 0. The second-order valence-corrected chi connectivity index (χ2v) is 8.83. The van der Waals surface area contributed by atoms with Crippen LogP contribution < -0.4 is 10.7 Å². The van der Waals surface area contributed by atoms with Crippen molar-refractivity contribution < 1.29 is 14.7 Å². The van der Waals surface area contributed by atoms with Gasteiger partial charge in [0.05, 0.1) is 9.78 Å². The summed E-state index contributed by atoms with van der Waals surface area (Å²) in [6.45, 7) is 1.95. The molecular weight excluding hydrogens is 608 g/mol. The van der Waals surface area contributed by atoms with Gasteiger partial charge in [-0.1, -0.05) is 23.8 Å². The highest BCUT2D eigenvalue weighted by Gasteiger charge is 2.10. The van der Waals surface area contributed by atoms with Crippen LogP contribution in [-0.2, 0) is 0 Å². The Morgan fingerprint density at radius 3 is 2.43 bits per heavy atom. The first-order valence-corrected chi connectivity index (χ1v) is 11.0. The highest BCUT2D eigenvalue weighted by Crippen LogP contribution is 2.25. The lowest BCUT2D eigenvalue weighted by atomic mass is 10.1. The van der Waals surface area contributed by atoms with Gasteiger partial charge in [0.2, 0.25) is 0 Å². The second-order valence-electron chi connectivity index (χ2n) is 6.43. The van der Waals surface area contributed by atoms with Crippen molar-refractivity contribution in [1.82, 2.24) is 5.43 Å². The number of carbonyl (C=O) groups excluding carboxylic acids is 2. The van der Waals surface area contributed by atoms with E-state index in [1.54, 1.807) is 42.5 Å². The van der Waals surface area contributed by atoms with E-state index >= 15 is 0 Å². The molecule has 0 spiro atoms. The molecule has 0 aliphatic carbocycles. The standard InChI is InChI=1S/C22H17I2N3O3/c1-13-5-7-14(8-6-13)21(29)26-18-4-2-3-15(10-18)22(30)27-25-12-16-9-17(23)11-19(24)20(16)28/h2-12,28H,1H3,(H,26,29)(H,27,30)/b25-12+. The van der Waals surface area contributed by atoms with Crippen molar-refractivity contribution in [1.29, 1.82) is 0 Å². The van der Waals surface area contributed by atoms with Gasteiger partial charge in [-0.05, 0) is 94.6 Å². The lowest BCUT2D eigenvalue weighted by Crippen LogP contribution is -2.18. The van der Waals surface area contributed by atoms with Crippen molar-refractivity contribution in [2.75, 3.05) is 5.32 Å². The van der Waals surface area contributed by atoms with Crippen molar-refractivity contribution in [2.24, 2.45) is 5.10 Å². The van der Waals surface area contributed by atoms with E-state index in [4.69, 9.17) is 0 Å². The summed E-state index contributed by atoms with van der Waals surface area (Å²) >= 11 is 4.17. The van der Waals surface area contributed by atoms with Crippen LogP contribution in [0, 0.1) is 14.1 Å². The Labute approximate surface area is 201 Å². The lowest BCUT2D eigenvalue weighted by molar-refractivity contribution is 0.0953. The Kier molecular flexibility index (Phi) is 7.43. The number of anilines is 1. The van der Waals surface area contributed by atoms with Gasteiger partial charge in [-0.15, -0.1) is 0 Å². The second kappa shape index (κ2) is 10.0. The zero-order valence-electron chi connectivity index (χ0n) is 15.8. The van der Waals surface area contributed by atoms with Crippen molar-refractivity contribution >= 4 is 68.9 Å². The molecule has 0 unspecified atom stereocenters. The predicted molar refractivity (Wildman–Crippen MR) is 134 cm³/mol. The molecule has 0 saturated carbocycles. The molecule has 3 aromatic carbocycles. The normalized spacial score (nSPS) is 10.8. The molecule has 0 saturated heterocycles. The van der Waals surface area contributed by atoms with Gasteiger partial charge in [-0.25, -0.2) is 5.43 Å². The van der Waals surface area contributed by atoms with Crippen molar-refractivity contribution in [3.8, 4) is 5.75 Å². The summed E-state index contributed by atoms with van der Waals surface area (Å²) < 4.78 is 1.64. The zero-order chi connectivity index (χ0) is 21.7. The number of rotatable bonds is 5. The first kappa shape index (κ1) is 22.2. The Balaban J connectivity index is 1.67. The maximum Gasteiger partial charge on any atom is 0.271 e. The maximum atomic E-state index is 12.4. The van der Waals surface area contributed by atoms with Crippen molar-refractivity contribution in [2.45, 2.75) is 6.92 Å². The number of phenolic OH excluding ortho intramolecular Hbond substituents is 1. The number of aromatic hydroxyl groups is 1. The Bertz CT molecular complexity index is 1130. The minimum atomic E-state index is -0.433. The van der Waals surface area contributed by atoms with Gasteiger partial charge in [0.25, 0.3) is 11.8 Å². The molecule has 0 radical (unpaired) electrons. The number of carbonyl (C=O) groups is 2. The molecule has 0 aromatic heterocycles. The number of aryl methyl sites for hydroxylation is 1. The highest BCUT2D eigenvalue weighted by atomic mass is 127. The molecule has 3 rings (SSSR count). The molecule has 0 aliphatic rings. The molecule has 0 aliphatic heterocycles. The summed E-state index contributed by atoms with van der Waals surface area (Å²) in [5.74, 6) is -0.582. The first-order chi connectivity index (χ1) is 14.3. The van der Waals surface area contributed by atoms with E-state index in [0.717, 1.165) is 9.13 Å². The topological polar surface area (TPSA) is 90.8 Å². The number of phenols is 1. The lowest BCUT2D eigenvalue weighted by Gasteiger charge is -2.07. The number of hydrazone groups is 1. The van der Waals surface area contributed by atoms with Crippen molar-refractivity contribution in [3.05, 3.63) is 90.1 Å². The van der Waals surface area contributed by atoms with E-state index in [1.165, 1.54) is 6.21 Å². The Morgan fingerprint density at radius 2 is 1.70 bits per heavy atom. The SMILES string of the molecule is Cc1ccc(C(=O)Nc2cccc(C(=O)N/N=C/c3cc(I)cc(I)c3O)c2)cc1. The fourth-order valence-corrected chi connectivity index (χ4v) is 4.45. The zero-order valence-corrected chi connectivity index (χ0v) is 20.1. The van der Waals surface area contributed by atoms with Crippen LogP contribution in [0.25, 0.3) is 0 Å². The molecule has 3 N–H and O–H groups in total. The van der Waals surface area contributed by atoms with Crippen molar-refractivity contribution in [3.63, 3.8) is 0 Å². The van der Waals surface area contributed by atoms with E-state index < -0.39 is 5.91 Å². The van der Waals surface area contributed by atoms with Crippen LogP contribution >= 0.6 is 45.2 Å². The van der Waals surface area contributed by atoms with Gasteiger partial charge < -0.3 is 10.4 Å². The predicted octanol–water partition coefficient (Wildman–Crippen LogP) is 4.93. The quantitative estimate of drug-likeness (QED) is 0.214. The third-order valence-corrected chi connectivity index (χ3v) is 5.57. The van der Waals surface area contributed by atoms with Crippen LogP contribution in [0.1, 0.15) is 31.8 Å². The molecule has 2 amide bonds. The summed E-state index contributed by atoms with van der Waals surface area (Å²) in [5.41, 5.74) is 5.39. The summed E-state index contributed by atoms with van der Waals surface area (Å²) in [5, 5.41) is 16.8. The maximum absolute atomic E-state index is 12.4. The number of nitrogens with zero attached hydrogens (tertiary/aromatic N) is 1. The molecule has 30 heavy (non-hydrogen) atoms. The number of amides is 2. The van der Waals surface area contributed by atoms with Crippen LogP contribution in [-0.4, -0.2) is 23.1 Å². The monoisotopic (exact) mass is 625 g/mol. The molecule has 0 bridgehead atoms. The summed E-state index contributed by atoms with van der Waals surface area (Å²) in [6, 6.07) is 17.4. The van der Waals surface area contributed by atoms with E-state index in [9.17, 15) is 14.7 Å². The molecule has 152 valence electrons. The first-order valence-electron chi connectivity index (χ1n) is 8.83. The Morgan fingerprint density at radius 1 is 0.967 bits per heavy atom. The molecule has 8 heteroatoms.